The smallest absolute Gasteiger partial charge is 0.387 e. The number of rotatable bonds is 5. The summed E-state index contributed by atoms with van der Waals surface area (Å²) in [5, 5.41) is 10.4. The summed E-state index contributed by atoms with van der Waals surface area (Å²) in [4.78, 5) is 17.3. The van der Waals surface area contributed by atoms with E-state index < -0.39 is 6.61 Å². The summed E-state index contributed by atoms with van der Waals surface area (Å²) in [7, 11) is 2.06. The average Bonchev–Trinajstić information content (AvgIpc) is 3.02. The van der Waals surface area contributed by atoms with Gasteiger partial charge in [-0.05, 0) is 31.3 Å². The molecule has 0 aromatic heterocycles. The number of aromatic hydroxyl groups is 1. The molecule has 4 rings (SSSR count). The second-order valence-electron chi connectivity index (χ2n) is 7.38. The van der Waals surface area contributed by atoms with Crippen LogP contribution in [-0.2, 0) is 6.54 Å². The number of phenolic OH excluding ortho intramolecular Hbond substituents is 1. The van der Waals surface area contributed by atoms with E-state index in [4.69, 9.17) is 4.74 Å². The molecule has 6 nitrogen and oxygen atoms in total. The lowest BCUT2D eigenvalue weighted by atomic mass is 10.0. The van der Waals surface area contributed by atoms with Crippen LogP contribution in [0, 0.1) is 0 Å². The van der Waals surface area contributed by atoms with Crippen molar-refractivity contribution >= 4 is 11.9 Å². The third kappa shape index (κ3) is 4.15. The number of piperazine rings is 1. The summed E-state index contributed by atoms with van der Waals surface area (Å²) in [6, 6.07) is 9.19. The van der Waals surface area contributed by atoms with Gasteiger partial charge in [0.1, 0.15) is 17.2 Å². The Kier molecular flexibility index (Phi) is 5.69. The molecule has 0 bridgehead atoms. The number of hydrogen-bond donors (Lipinski definition) is 1. The Morgan fingerprint density at radius 1 is 1.17 bits per heavy atom. The van der Waals surface area contributed by atoms with Crippen molar-refractivity contribution in [1.82, 2.24) is 9.80 Å². The highest BCUT2D eigenvalue weighted by molar-refractivity contribution is 6.15. The predicted molar refractivity (Wildman–Crippen MR) is 107 cm³/mol. The van der Waals surface area contributed by atoms with E-state index >= 15 is 0 Å². The van der Waals surface area contributed by atoms with Crippen molar-refractivity contribution in [3.05, 3.63) is 58.8 Å². The van der Waals surface area contributed by atoms with E-state index in [9.17, 15) is 18.7 Å². The maximum Gasteiger partial charge on any atom is 0.387 e. The highest BCUT2D eigenvalue weighted by Gasteiger charge is 2.32. The molecule has 1 N–H and O–H groups in total. The molecular formula is C22H22F2N2O4. The summed E-state index contributed by atoms with van der Waals surface area (Å²) in [5.74, 6) is -0.0366. The zero-order valence-corrected chi connectivity index (χ0v) is 16.5. The number of alkyl halides is 2. The molecule has 2 aliphatic heterocycles. The summed E-state index contributed by atoms with van der Waals surface area (Å²) >= 11 is 0. The van der Waals surface area contributed by atoms with Gasteiger partial charge in [-0.25, -0.2) is 0 Å². The topological polar surface area (TPSA) is 62.2 Å². The van der Waals surface area contributed by atoms with Gasteiger partial charge in [0.15, 0.2) is 5.76 Å². The number of halogens is 2. The number of para-hydroxylation sites is 1. The number of phenols is 1. The first-order valence-electron chi connectivity index (χ1n) is 9.66. The molecule has 30 heavy (non-hydrogen) atoms. The lowest BCUT2D eigenvalue weighted by Gasteiger charge is -2.32. The number of carbonyl (C=O) groups excluding carboxylic acids is 1. The molecule has 1 saturated heterocycles. The van der Waals surface area contributed by atoms with E-state index in [1.807, 2.05) is 0 Å². The molecule has 0 atom stereocenters. The van der Waals surface area contributed by atoms with E-state index in [2.05, 4.69) is 21.6 Å². The number of ether oxygens (including phenoxy) is 2. The number of Topliss-reactive ketones (excluding diaryl/α,β-unsaturated/α-hetero) is 1. The van der Waals surface area contributed by atoms with Crippen molar-refractivity contribution in [2.24, 2.45) is 0 Å². The Morgan fingerprint density at radius 2 is 1.90 bits per heavy atom. The molecule has 0 saturated carbocycles. The maximum atomic E-state index is 12.8. The molecule has 0 unspecified atom stereocenters. The Bertz CT molecular complexity index is 985. The summed E-state index contributed by atoms with van der Waals surface area (Å²) in [5.41, 5.74) is 1.19. The highest BCUT2D eigenvalue weighted by atomic mass is 19.3. The van der Waals surface area contributed by atoms with Crippen molar-refractivity contribution in [2.45, 2.75) is 13.2 Å². The van der Waals surface area contributed by atoms with Gasteiger partial charge in [-0.2, -0.15) is 8.78 Å². The number of nitrogens with zero attached hydrogens (tertiary/aromatic N) is 2. The van der Waals surface area contributed by atoms with Crippen LogP contribution in [0.2, 0.25) is 0 Å². The van der Waals surface area contributed by atoms with Crippen LogP contribution in [0.4, 0.5) is 8.78 Å². The molecular weight excluding hydrogens is 394 g/mol. The van der Waals surface area contributed by atoms with Gasteiger partial charge >= 0.3 is 6.61 Å². The normalized spacial score (nSPS) is 18.7. The number of carbonyl (C=O) groups is 1. The molecule has 2 heterocycles. The quantitative estimate of drug-likeness (QED) is 0.755. The fourth-order valence-corrected chi connectivity index (χ4v) is 3.62. The van der Waals surface area contributed by atoms with Crippen molar-refractivity contribution in [3.63, 3.8) is 0 Å². The number of ketones is 1. The average molecular weight is 416 g/mol. The summed E-state index contributed by atoms with van der Waals surface area (Å²) in [6.07, 6.45) is 1.39. The van der Waals surface area contributed by atoms with Gasteiger partial charge in [0.2, 0.25) is 5.78 Å². The second kappa shape index (κ2) is 8.41. The second-order valence-corrected chi connectivity index (χ2v) is 7.38. The van der Waals surface area contributed by atoms with Crippen molar-refractivity contribution in [1.29, 1.82) is 0 Å². The fraction of sp³-hybridized carbons (Fsp3) is 0.318. The third-order valence-electron chi connectivity index (χ3n) is 5.32. The van der Waals surface area contributed by atoms with Gasteiger partial charge in [-0.15, -0.1) is 0 Å². The zero-order valence-electron chi connectivity index (χ0n) is 16.5. The first-order valence-corrected chi connectivity index (χ1v) is 9.66. The van der Waals surface area contributed by atoms with Crippen LogP contribution in [-0.4, -0.2) is 60.5 Å². The minimum atomic E-state index is -2.98. The molecule has 0 aliphatic carbocycles. The lowest BCUT2D eigenvalue weighted by Crippen LogP contribution is -2.43. The van der Waals surface area contributed by atoms with Gasteiger partial charge in [-0.3, -0.25) is 9.69 Å². The lowest BCUT2D eigenvalue weighted by molar-refractivity contribution is -0.0499. The van der Waals surface area contributed by atoms with E-state index in [-0.39, 0.29) is 23.0 Å². The zero-order chi connectivity index (χ0) is 21.3. The number of hydrogen-bond acceptors (Lipinski definition) is 6. The largest absolute Gasteiger partial charge is 0.507 e. The molecule has 158 valence electrons. The number of allylic oxidation sites excluding steroid dienone is 1. The Labute approximate surface area is 172 Å². The Balaban J connectivity index is 1.63. The first kappa shape index (κ1) is 20.3. The first-order chi connectivity index (χ1) is 14.4. The van der Waals surface area contributed by atoms with Gasteiger partial charge in [0.05, 0.1) is 11.1 Å². The minimum absolute atomic E-state index is 0.000504. The molecule has 0 spiro atoms. The summed E-state index contributed by atoms with van der Waals surface area (Å²) in [6.45, 7) is 0.995. The van der Waals surface area contributed by atoms with Gasteiger partial charge in [0, 0.05) is 38.3 Å². The van der Waals surface area contributed by atoms with E-state index in [1.54, 1.807) is 18.2 Å². The molecule has 2 aliphatic rings. The number of fused-ring (bicyclic) bond motifs is 1. The third-order valence-corrected chi connectivity index (χ3v) is 5.32. The maximum absolute atomic E-state index is 12.8. The van der Waals surface area contributed by atoms with Crippen molar-refractivity contribution in [3.8, 4) is 17.2 Å². The molecule has 2 aromatic carbocycles. The van der Waals surface area contributed by atoms with Crippen LogP contribution in [0.3, 0.4) is 0 Å². The van der Waals surface area contributed by atoms with E-state index in [0.29, 0.717) is 29.0 Å². The van der Waals surface area contributed by atoms with Crippen LogP contribution in [0.5, 0.6) is 17.2 Å². The standard InChI is InChI=1S/C22H22F2N2O4/c1-25-8-10-26(11-9-25)13-16-17(27)7-6-15-20(28)19(29-21(15)16)12-14-4-2-3-5-18(14)30-22(23)24/h2-7,12,22,27H,8-11,13H2,1H3/b19-12-. The predicted octanol–water partition coefficient (Wildman–Crippen LogP) is 3.36. The van der Waals surface area contributed by atoms with Gasteiger partial charge in [0.25, 0.3) is 0 Å². The monoisotopic (exact) mass is 416 g/mol. The van der Waals surface area contributed by atoms with Crippen LogP contribution >= 0.6 is 0 Å². The minimum Gasteiger partial charge on any atom is -0.507 e. The van der Waals surface area contributed by atoms with Crippen LogP contribution in [0.15, 0.2) is 42.2 Å². The van der Waals surface area contributed by atoms with Crippen LogP contribution in [0.25, 0.3) is 6.08 Å². The van der Waals surface area contributed by atoms with E-state index in [1.165, 1.54) is 24.3 Å². The Hall–Kier alpha value is -2.97. The fourth-order valence-electron chi connectivity index (χ4n) is 3.62. The SMILES string of the molecule is CN1CCN(Cc2c(O)ccc3c2O/C(=C\c2ccccc2OC(F)F)C3=O)CC1. The molecule has 8 heteroatoms. The Morgan fingerprint density at radius 3 is 2.63 bits per heavy atom. The van der Waals surface area contributed by atoms with Gasteiger partial charge < -0.3 is 19.5 Å². The molecule has 2 aromatic rings. The molecule has 0 amide bonds. The van der Waals surface area contributed by atoms with Crippen LogP contribution in [0.1, 0.15) is 21.5 Å². The van der Waals surface area contributed by atoms with E-state index in [0.717, 1.165) is 26.2 Å². The van der Waals surface area contributed by atoms with Crippen molar-refractivity contribution < 1.29 is 28.2 Å². The van der Waals surface area contributed by atoms with Gasteiger partial charge in [-0.1, -0.05) is 18.2 Å². The molecule has 1 fully saturated rings. The molecule has 0 radical (unpaired) electrons. The number of benzene rings is 2. The highest BCUT2D eigenvalue weighted by Crippen LogP contribution is 2.40. The summed E-state index contributed by atoms with van der Waals surface area (Å²) < 4.78 is 35.7. The van der Waals surface area contributed by atoms with Crippen LogP contribution < -0.4 is 9.47 Å². The number of likely N-dealkylation sites (N-methyl/N-ethyl adjacent to an activating group) is 1. The van der Waals surface area contributed by atoms with Crippen molar-refractivity contribution in [2.75, 3.05) is 33.2 Å².